The normalized spacial score (nSPS) is 10.3. The summed E-state index contributed by atoms with van der Waals surface area (Å²) in [7, 11) is 4.68. The number of methoxy groups -OCH3 is 3. The van der Waals surface area contributed by atoms with Crippen molar-refractivity contribution in [3.8, 4) is 28.5 Å². The van der Waals surface area contributed by atoms with Gasteiger partial charge in [0.2, 0.25) is 5.75 Å². The fourth-order valence-electron chi connectivity index (χ4n) is 1.96. The molecule has 23 heavy (non-hydrogen) atoms. The Hall–Kier alpha value is -2.28. The number of ketones is 1. The fourth-order valence-corrected chi connectivity index (χ4v) is 2.57. The summed E-state index contributed by atoms with van der Waals surface area (Å²) in [6.45, 7) is 1.55. The molecule has 0 bridgehead atoms. The Morgan fingerprint density at radius 2 is 1.70 bits per heavy atom. The number of carbonyl (C=O) groups excluding carboxylic acids is 1. The molecule has 0 aliphatic heterocycles. The zero-order valence-electron chi connectivity index (χ0n) is 13.5. The van der Waals surface area contributed by atoms with E-state index in [9.17, 15) is 4.79 Å². The molecule has 0 amide bonds. The molecule has 0 saturated carbocycles. The minimum atomic E-state index is 0.102. The number of nitrogens with zero attached hydrogens (tertiary/aromatic N) is 2. The van der Waals surface area contributed by atoms with Gasteiger partial charge in [0.1, 0.15) is 10.8 Å². The molecule has 0 fully saturated rings. The van der Waals surface area contributed by atoms with Crippen LogP contribution >= 0.6 is 11.8 Å². The molecule has 2 rings (SSSR count). The van der Waals surface area contributed by atoms with Crippen LogP contribution in [0.4, 0.5) is 0 Å². The van der Waals surface area contributed by atoms with Crippen LogP contribution in [0.25, 0.3) is 11.3 Å². The molecule has 0 saturated heterocycles. The van der Waals surface area contributed by atoms with Gasteiger partial charge < -0.3 is 14.2 Å². The molecule has 1 aromatic heterocycles. The number of benzene rings is 1. The van der Waals surface area contributed by atoms with Crippen LogP contribution < -0.4 is 14.2 Å². The molecule has 0 N–H and O–H groups in total. The minimum absolute atomic E-state index is 0.102. The lowest BCUT2D eigenvalue weighted by Crippen LogP contribution is -1.97. The maximum absolute atomic E-state index is 11.0. The first-order chi connectivity index (χ1) is 11.1. The summed E-state index contributed by atoms with van der Waals surface area (Å²) in [5.41, 5.74) is 1.48. The third-order valence-electron chi connectivity index (χ3n) is 3.02. The quantitative estimate of drug-likeness (QED) is 0.721. The molecule has 1 heterocycles. The maximum atomic E-state index is 11.0. The molecule has 1 aromatic carbocycles. The number of ether oxygens (including phenoxy) is 3. The van der Waals surface area contributed by atoms with Crippen LogP contribution in [0.15, 0.2) is 29.3 Å². The first-order valence-corrected chi connectivity index (χ1v) is 7.84. The van der Waals surface area contributed by atoms with E-state index in [1.54, 1.807) is 28.3 Å². The number of Topliss-reactive ketones (excluding diaryl/α,β-unsaturated/α-hetero) is 1. The van der Waals surface area contributed by atoms with Crippen molar-refractivity contribution in [1.29, 1.82) is 0 Å². The predicted molar refractivity (Wildman–Crippen MR) is 88.5 cm³/mol. The summed E-state index contributed by atoms with van der Waals surface area (Å²) >= 11 is 1.36. The van der Waals surface area contributed by atoms with Crippen molar-refractivity contribution in [2.75, 3.05) is 27.1 Å². The highest BCUT2D eigenvalue weighted by atomic mass is 32.2. The Morgan fingerprint density at radius 1 is 1.04 bits per heavy atom. The highest BCUT2D eigenvalue weighted by Crippen LogP contribution is 2.40. The van der Waals surface area contributed by atoms with Gasteiger partial charge in [-0.05, 0) is 31.2 Å². The number of thioether (sulfide) groups is 1. The van der Waals surface area contributed by atoms with Crippen molar-refractivity contribution in [3.63, 3.8) is 0 Å². The lowest BCUT2D eigenvalue weighted by Gasteiger charge is -2.13. The van der Waals surface area contributed by atoms with E-state index in [1.807, 2.05) is 24.3 Å². The monoisotopic (exact) mass is 334 g/mol. The third-order valence-corrected chi connectivity index (χ3v) is 4.09. The number of rotatable bonds is 7. The molecule has 0 spiro atoms. The molecular formula is C16H18N2O4S. The van der Waals surface area contributed by atoms with E-state index in [4.69, 9.17) is 14.2 Å². The Balaban J connectivity index is 2.32. The van der Waals surface area contributed by atoms with Crippen LogP contribution in [0.2, 0.25) is 0 Å². The molecule has 0 unspecified atom stereocenters. The van der Waals surface area contributed by atoms with E-state index < -0.39 is 0 Å². The summed E-state index contributed by atoms with van der Waals surface area (Å²) in [5, 5.41) is 9.03. The van der Waals surface area contributed by atoms with Crippen LogP contribution in [-0.2, 0) is 4.79 Å². The van der Waals surface area contributed by atoms with Gasteiger partial charge in [0.05, 0.1) is 32.8 Å². The largest absolute Gasteiger partial charge is 0.493 e. The van der Waals surface area contributed by atoms with E-state index in [0.29, 0.717) is 33.7 Å². The van der Waals surface area contributed by atoms with Gasteiger partial charge >= 0.3 is 0 Å². The van der Waals surface area contributed by atoms with Crippen molar-refractivity contribution in [1.82, 2.24) is 10.2 Å². The van der Waals surface area contributed by atoms with Crippen molar-refractivity contribution < 1.29 is 19.0 Å². The topological polar surface area (TPSA) is 70.5 Å². The number of hydrogen-bond acceptors (Lipinski definition) is 7. The Kier molecular flexibility index (Phi) is 5.81. The predicted octanol–water partition coefficient (Wildman–Crippen LogP) is 2.85. The van der Waals surface area contributed by atoms with Gasteiger partial charge in [0.15, 0.2) is 11.5 Å². The number of hydrogen-bond donors (Lipinski definition) is 0. The molecule has 0 aliphatic rings. The molecule has 122 valence electrons. The average Bonchev–Trinajstić information content (AvgIpc) is 2.58. The Morgan fingerprint density at radius 3 is 2.13 bits per heavy atom. The lowest BCUT2D eigenvalue weighted by atomic mass is 10.1. The summed E-state index contributed by atoms with van der Waals surface area (Å²) in [6.07, 6.45) is 0. The summed E-state index contributed by atoms with van der Waals surface area (Å²) < 4.78 is 16.0. The number of aromatic nitrogens is 2. The molecule has 6 nitrogen and oxygen atoms in total. The number of carbonyl (C=O) groups is 1. The van der Waals surface area contributed by atoms with Gasteiger partial charge in [-0.2, -0.15) is 0 Å². The highest BCUT2D eigenvalue weighted by Gasteiger charge is 2.15. The second-order valence-corrected chi connectivity index (χ2v) is 5.66. The smallest absolute Gasteiger partial charge is 0.203 e. The third kappa shape index (κ3) is 4.13. The van der Waals surface area contributed by atoms with Gasteiger partial charge in [-0.3, -0.25) is 4.79 Å². The van der Waals surface area contributed by atoms with Gasteiger partial charge in [-0.15, -0.1) is 10.2 Å². The van der Waals surface area contributed by atoms with Gasteiger partial charge in [-0.1, -0.05) is 11.8 Å². The average molecular weight is 334 g/mol. The molecule has 0 radical (unpaired) electrons. The van der Waals surface area contributed by atoms with Crippen LogP contribution in [0.1, 0.15) is 6.92 Å². The summed E-state index contributed by atoms with van der Waals surface area (Å²) in [6, 6.07) is 7.30. The van der Waals surface area contributed by atoms with Gasteiger partial charge in [0, 0.05) is 5.56 Å². The van der Waals surface area contributed by atoms with E-state index in [0.717, 1.165) is 5.56 Å². The zero-order valence-corrected chi connectivity index (χ0v) is 14.3. The first kappa shape index (κ1) is 17.1. The van der Waals surface area contributed by atoms with Crippen molar-refractivity contribution in [3.05, 3.63) is 24.3 Å². The standard InChI is InChI=1S/C16H18N2O4S/c1-10(19)9-23-15-6-5-12(17-18-15)11-7-13(20-2)16(22-4)14(8-11)21-3/h5-8H,9H2,1-4H3. The van der Waals surface area contributed by atoms with Crippen LogP contribution in [0.5, 0.6) is 17.2 Å². The van der Waals surface area contributed by atoms with Crippen LogP contribution in [0, 0.1) is 0 Å². The molecule has 0 aliphatic carbocycles. The first-order valence-electron chi connectivity index (χ1n) is 6.85. The van der Waals surface area contributed by atoms with Crippen LogP contribution in [-0.4, -0.2) is 43.1 Å². The van der Waals surface area contributed by atoms with Gasteiger partial charge in [-0.25, -0.2) is 0 Å². The van der Waals surface area contributed by atoms with Crippen LogP contribution in [0.3, 0.4) is 0 Å². The van der Waals surface area contributed by atoms with Crippen molar-refractivity contribution in [2.45, 2.75) is 11.9 Å². The van der Waals surface area contributed by atoms with E-state index in [2.05, 4.69) is 10.2 Å². The van der Waals surface area contributed by atoms with E-state index in [1.165, 1.54) is 11.8 Å². The zero-order chi connectivity index (χ0) is 16.8. The summed E-state index contributed by atoms with van der Waals surface area (Å²) in [5.74, 6) is 2.13. The maximum Gasteiger partial charge on any atom is 0.203 e. The summed E-state index contributed by atoms with van der Waals surface area (Å²) in [4.78, 5) is 11.0. The van der Waals surface area contributed by atoms with Gasteiger partial charge in [0.25, 0.3) is 0 Å². The SMILES string of the molecule is COc1cc(-c2ccc(SCC(C)=O)nn2)cc(OC)c1OC. The molecule has 7 heteroatoms. The molecule has 2 aromatic rings. The highest BCUT2D eigenvalue weighted by molar-refractivity contribution is 7.99. The Labute approximate surface area is 139 Å². The Bertz CT molecular complexity index is 664. The second-order valence-electron chi connectivity index (χ2n) is 4.66. The van der Waals surface area contributed by atoms with E-state index >= 15 is 0 Å². The van der Waals surface area contributed by atoms with Crippen molar-refractivity contribution in [2.24, 2.45) is 0 Å². The fraction of sp³-hybridized carbons (Fsp3) is 0.312. The van der Waals surface area contributed by atoms with E-state index in [-0.39, 0.29) is 5.78 Å². The second kappa shape index (κ2) is 7.82. The minimum Gasteiger partial charge on any atom is -0.493 e. The molecule has 0 atom stereocenters. The van der Waals surface area contributed by atoms with Crippen molar-refractivity contribution >= 4 is 17.5 Å². The molecular weight excluding hydrogens is 316 g/mol. The lowest BCUT2D eigenvalue weighted by molar-refractivity contribution is -0.114.